The molecule has 3 rings (SSSR count). The lowest BCUT2D eigenvalue weighted by atomic mass is 10.1. The van der Waals surface area contributed by atoms with Crippen LogP contribution in [-0.2, 0) is 0 Å². The van der Waals surface area contributed by atoms with Crippen molar-refractivity contribution in [2.24, 2.45) is 5.10 Å². The number of nitro benzene ring substituents is 3. The molecule has 172 valence electrons. The van der Waals surface area contributed by atoms with Crippen LogP contribution in [0.4, 0.5) is 22.7 Å². The fourth-order valence-corrected chi connectivity index (χ4v) is 2.83. The number of nitrogens with one attached hydrogen (secondary N) is 1. The van der Waals surface area contributed by atoms with Crippen molar-refractivity contribution >= 4 is 34.9 Å². The molecule has 0 saturated carbocycles. The summed E-state index contributed by atoms with van der Waals surface area (Å²) in [7, 11) is 0. The van der Waals surface area contributed by atoms with Crippen molar-refractivity contribution in [3.05, 3.63) is 108 Å². The maximum Gasteiger partial charge on any atom is 0.343 e. The summed E-state index contributed by atoms with van der Waals surface area (Å²) in [5.41, 5.74) is 2.45. The first-order valence-electron chi connectivity index (χ1n) is 9.45. The molecule has 34 heavy (non-hydrogen) atoms. The third-order valence-corrected chi connectivity index (χ3v) is 4.51. The highest BCUT2D eigenvalue weighted by Crippen LogP contribution is 2.29. The number of carbonyl (C=O) groups excluding carboxylic acids is 1. The first kappa shape index (κ1) is 23.5. The Morgan fingerprint density at radius 2 is 1.56 bits per heavy atom. The van der Waals surface area contributed by atoms with Crippen LogP contribution >= 0.6 is 0 Å². The minimum atomic E-state index is -0.763. The molecule has 0 spiro atoms. The Bertz CT molecular complexity index is 1320. The Morgan fingerprint density at radius 3 is 2.15 bits per heavy atom. The number of nitrogens with zero attached hydrogens (tertiary/aromatic N) is 4. The Morgan fingerprint density at radius 1 is 0.882 bits per heavy atom. The maximum absolute atomic E-state index is 12.3. The number of carbonyl (C=O) groups is 1. The number of hydrogen-bond donors (Lipinski definition) is 1. The lowest BCUT2D eigenvalue weighted by Gasteiger charge is -2.06. The van der Waals surface area contributed by atoms with Gasteiger partial charge in [-0.05, 0) is 55.0 Å². The number of rotatable bonds is 8. The summed E-state index contributed by atoms with van der Waals surface area (Å²) in [5, 5.41) is 36.7. The first-order chi connectivity index (χ1) is 16.2. The lowest BCUT2D eigenvalue weighted by molar-refractivity contribution is -0.393. The van der Waals surface area contributed by atoms with Crippen molar-refractivity contribution in [2.45, 2.75) is 6.92 Å². The third kappa shape index (κ3) is 5.53. The second kappa shape index (κ2) is 9.95. The van der Waals surface area contributed by atoms with Gasteiger partial charge in [-0.2, -0.15) is 5.10 Å². The molecule has 0 amide bonds. The molecule has 0 aliphatic carbocycles. The molecule has 3 aromatic rings. The van der Waals surface area contributed by atoms with E-state index in [9.17, 15) is 35.1 Å². The average molecular weight is 465 g/mol. The van der Waals surface area contributed by atoms with E-state index in [0.29, 0.717) is 11.1 Å². The Balaban J connectivity index is 1.66. The molecule has 1 N–H and O–H groups in total. The van der Waals surface area contributed by atoms with E-state index in [1.807, 2.05) is 0 Å². The first-order valence-corrected chi connectivity index (χ1v) is 9.45. The van der Waals surface area contributed by atoms with Gasteiger partial charge in [-0.3, -0.25) is 35.8 Å². The molecule has 0 heterocycles. The van der Waals surface area contributed by atoms with Gasteiger partial charge in [0, 0.05) is 17.7 Å². The number of hydrogen-bond acceptors (Lipinski definition) is 10. The average Bonchev–Trinajstić information content (AvgIpc) is 2.79. The predicted molar refractivity (Wildman–Crippen MR) is 120 cm³/mol. The van der Waals surface area contributed by atoms with E-state index >= 15 is 0 Å². The third-order valence-electron chi connectivity index (χ3n) is 4.51. The van der Waals surface area contributed by atoms with Gasteiger partial charge in [0.05, 0.1) is 32.6 Å². The quantitative estimate of drug-likeness (QED) is 0.166. The fraction of sp³-hybridized carbons (Fsp3) is 0.0476. The number of nitro groups is 3. The molecule has 0 fully saturated rings. The smallest absolute Gasteiger partial charge is 0.343 e. The maximum atomic E-state index is 12.3. The zero-order chi connectivity index (χ0) is 24.8. The second-order valence-corrected chi connectivity index (χ2v) is 6.80. The number of aryl methyl sites for hydroxylation is 1. The number of benzene rings is 3. The summed E-state index contributed by atoms with van der Waals surface area (Å²) in [6, 6.07) is 13.1. The topological polar surface area (TPSA) is 180 Å². The normalized spacial score (nSPS) is 10.6. The molecule has 13 nitrogen and oxygen atoms in total. The number of anilines is 1. The summed E-state index contributed by atoms with van der Waals surface area (Å²) in [6.45, 7) is 1.52. The minimum absolute atomic E-state index is 0.0317. The van der Waals surface area contributed by atoms with Gasteiger partial charge in [-0.1, -0.05) is 0 Å². The summed E-state index contributed by atoms with van der Waals surface area (Å²) in [4.78, 5) is 43.1. The van der Waals surface area contributed by atoms with Gasteiger partial charge in [0.15, 0.2) is 0 Å². The molecular weight excluding hydrogens is 450 g/mol. The lowest BCUT2D eigenvalue weighted by Crippen LogP contribution is -2.09. The molecular formula is C21H15N5O8. The highest BCUT2D eigenvalue weighted by atomic mass is 16.6. The summed E-state index contributed by atoms with van der Waals surface area (Å²) < 4.78 is 5.26. The van der Waals surface area contributed by atoms with E-state index in [4.69, 9.17) is 4.74 Å². The summed E-state index contributed by atoms with van der Waals surface area (Å²) in [5.74, 6) is -0.469. The summed E-state index contributed by atoms with van der Waals surface area (Å²) >= 11 is 0. The van der Waals surface area contributed by atoms with Gasteiger partial charge in [0.1, 0.15) is 11.4 Å². The SMILES string of the molecule is Cc1cc(C(=O)Oc2ccc(/C=N/Nc3ccc([N+](=O)[O-])cc3[N+](=O)[O-])cc2)ccc1[N+](=O)[O-]. The molecule has 0 bridgehead atoms. The zero-order valence-corrected chi connectivity index (χ0v) is 17.4. The van der Waals surface area contributed by atoms with E-state index in [-0.39, 0.29) is 22.7 Å². The predicted octanol–water partition coefficient (Wildman–Crippen LogP) is 4.38. The second-order valence-electron chi connectivity index (χ2n) is 6.80. The number of non-ortho nitro benzene ring substituents is 1. The molecule has 0 unspecified atom stereocenters. The van der Waals surface area contributed by atoms with E-state index in [1.54, 1.807) is 12.1 Å². The van der Waals surface area contributed by atoms with Crippen LogP contribution in [0.5, 0.6) is 5.75 Å². The number of esters is 1. The summed E-state index contributed by atoms with van der Waals surface area (Å²) in [6.07, 6.45) is 1.34. The standard InChI is InChI=1S/C21H15N5O8/c1-13-10-15(4-9-19(13)25(30)31)21(27)34-17-6-2-14(3-7-17)12-22-23-18-8-5-16(24(28)29)11-20(18)26(32)33/h2-12,23H,1H3/b22-12+. The van der Waals surface area contributed by atoms with Crippen LogP contribution in [0.15, 0.2) is 65.8 Å². The Labute approximate surface area is 190 Å². The monoisotopic (exact) mass is 465 g/mol. The van der Waals surface area contributed by atoms with Gasteiger partial charge in [-0.25, -0.2) is 4.79 Å². The molecule has 0 aliphatic rings. The highest BCUT2D eigenvalue weighted by Gasteiger charge is 2.19. The van der Waals surface area contributed by atoms with E-state index < -0.39 is 32.1 Å². The van der Waals surface area contributed by atoms with Crippen LogP contribution in [-0.4, -0.2) is 27.0 Å². The van der Waals surface area contributed by atoms with Crippen molar-refractivity contribution in [1.82, 2.24) is 0 Å². The van der Waals surface area contributed by atoms with Crippen molar-refractivity contribution < 1.29 is 24.3 Å². The molecule has 0 atom stereocenters. The van der Waals surface area contributed by atoms with Crippen molar-refractivity contribution in [3.63, 3.8) is 0 Å². The molecule has 0 radical (unpaired) electrons. The van der Waals surface area contributed by atoms with E-state index in [0.717, 1.165) is 12.1 Å². The Kier molecular flexibility index (Phi) is 6.87. The van der Waals surface area contributed by atoms with E-state index in [1.165, 1.54) is 49.5 Å². The zero-order valence-electron chi connectivity index (χ0n) is 17.4. The van der Waals surface area contributed by atoms with Gasteiger partial charge >= 0.3 is 11.7 Å². The Hall–Kier alpha value is -5.20. The fourth-order valence-electron chi connectivity index (χ4n) is 2.83. The number of ether oxygens (including phenoxy) is 1. The van der Waals surface area contributed by atoms with Crippen LogP contribution < -0.4 is 10.2 Å². The highest BCUT2D eigenvalue weighted by molar-refractivity contribution is 5.91. The van der Waals surface area contributed by atoms with E-state index in [2.05, 4.69) is 10.5 Å². The van der Waals surface area contributed by atoms with Gasteiger partial charge < -0.3 is 4.74 Å². The van der Waals surface area contributed by atoms with Gasteiger partial charge in [0.25, 0.3) is 11.4 Å². The van der Waals surface area contributed by atoms with Crippen molar-refractivity contribution in [1.29, 1.82) is 0 Å². The van der Waals surface area contributed by atoms with Gasteiger partial charge in [-0.15, -0.1) is 0 Å². The molecule has 0 aromatic heterocycles. The molecule has 13 heteroatoms. The van der Waals surface area contributed by atoms with Crippen LogP contribution in [0.3, 0.4) is 0 Å². The molecule has 0 aliphatic heterocycles. The minimum Gasteiger partial charge on any atom is -0.423 e. The molecule has 3 aromatic carbocycles. The van der Waals surface area contributed by atoms with Crippen LogP contribution in [0.1, 0.15) is 21.5 Å². The largest absolute Gasteiger partial charge is 0.423 e. The number of hydrazone groups is 1. The van der Waals surface area contributed by atoms with Crippen molar-refractivity contribution in [2.75, 3.05) is 5.43 Å². The van der Waals surface area contributed by atoms with Gasteiger partial charge in [0.2, 0.25) is 0 Å². The van der Waals surface area contributed by atoms with Crippen LogP contribution in [0, 0.1) is 37.3 Å². The van der Waals surface area contributed by atoms with Crippen molar-refractivity contribution in [3.8, 4) is 5.75 Å². The van der Waals surface area contributed by atoms with Crippen LogP contribution in [0.25, 0.3) is 0 Å². The molecule has 0 saturated heterocycles. The van der Waals surface area contributed by atoms with Crippen LogP contribution in [0.2, 0.25) is 0 Å².